The summed E-state index contributed by atoms with van der Waals surface area (Å²) >= 11 is 0. The smallest absolute Gasteiger partial charge is 0.250 e. The highest BCUT2D eigenvalue weighted by Gasteiger charge is 2.28. The second kappa shape index (κ2) is 10.9. The zero-order chi connectivity index (χ0) is 26.7. The molecule has 1 aliphatic heterocycles. The van der Waals surface area contributed by atoms with E-state index in [4.69, 9.17) is 10.5 Å². The Bertz CT molecular complexity index is 1370. The van der Waals surface area contributed by atoms with Crippen molar-refractivity contribution in [3.05, 3.63) is 41.7 Å². The number of aryl methyl sites for hydroxylation is 1. The third-order valence-corrected chi connectivity index (χ3v) is 7.37. The van der Waals surface area contributed by atoms with Gasteiger partial charge in [0.1, 0.15) is 11.6 Å². The van der Waals surface area contributed by atoms with Gasteiger partial charge in [-0.05, 0) is 31.9 Å². The van der Waals surface area contributed by atoms with Crippen LogP contribution in [0, 0.1) is 12.7 Å². The number of piperazine rings is 1. The highest BCUT2D eigenvalue weighted by molar-refractivity contribution is 7.88. The molecule has 0 radical (unpaired) electrons. The minimum absolute atomic E-state index is 0.0774. The first-order valence-electron chi connectivity index (χ1n) is 11.7. The number of rotatable bonds is 8. The van der Waals surface area contributed by atoms with Gasteiger partial charge in [-0.3, -0.25) is 4.90 Å². The molecule has 4 heterocycles. The molecule has 4 rings (SSSR count). The average molecular weight is 532 g/mol. The predicted octanol–water partition coefficient (Wildman–Crippen LogP) is 1.62. The van der Waals surface area contributed by atoms with Crippen LogP contribution in [0.1, 0.15) is 18.3 Å². The van der Waals surface area contributed by atoms with Crippen LogP contribution < -0.4 is 15.8 Å². The maximum Gasteiger partial charge on any atom is 0.250 e. The second-order valence-corrected chi connectivity index (χ2v) is 10.9. The molecule has 1 saturated heterocycles. The number of aromatic nitrogens is 5. The molecule has 3 aromatic heterocycles. The molecule has 0 aliphatic carbocycles. The van der Waals surface area contributed by atoms with Gasteiger partial charge >= 0.3 is 0 Å². The highest BCUT2D eigenvalue weighted by Crippen LogP contribution is 2.29. The summed E-state index contributed by atoms with van der Waals surface area (Å²) in [6.45, 7) is 6.02. The van der Waals surface area contributed by atoms with Gasteiger partial charge in [-0.1, -0.05) is 0 Å². The largest absolute Gasteiger partial charge is 0.479 e. The van der Waals surface area contributed by atoms with Crippen molar-refractivity contribution in [2.75, 3.05) is 50.6 Å². The van der Waals surface area contributed by atoms with E-state index in [1.807, 2.05) is 13.0 Å². The number of methoxy groups -OCH3 is 1. The lowest BCUT2D eigenvalue weighted by atomic mass is 10.1. The van der Waals surface area contributed by atoms with E-state index in [-0.39, 0.29) is 17.9 Å². The van der Waals surface area contributed by atoms with E-state index in [0.29, 0.717) is 54.8 Å². The zero-order valence-electron chi connectivity index (χ0n) is 21.1. The number of hydrogen-bond acceptors (Lipinski definition) is 11. The van der Waals surface area contributed by atoms with E-state index >= 15 is 0 Å². The Morgan fingerprint density at radius 1 is 1.19 bits per heavy atom. The molecule has 0 amide bonds. The summed E-state index contributed by atoms with van der Waals surface area (Å²) in [6, 6.07) is 3.25. The van der Waals surface area contributed by atoms with Gasteiger partial charge in [-0.25, -0.2) is 27.8 Å². The molecule has 1 aliphatic rings. The van der Waals surface area contributed by atoms with Gasteiger partial charge in [0.25, 0.3) is 0 Å². The minimum Gasteiger partial charge on any atom is -0.479 e. The van der Waals surface area contributed by atoms with Gasteiger partial charge < -0.3 is 15.8 Å². The number of anilines is 3. The molecule has 37 heavy (non-hydrogen) atoms. The molecule has 1 atom stereocenters. The van der Waals surface area contributed by atoms with E-state index in [1.54, 1.807) is 13.1 Å². The molecular formula is C23H30FN9O3S. The van der Waals surface area contributed by atoms with Crippen LogP contribution in [0.5, 0.6) is 5.88 Å². The Labute approximate surface area is 215 Å². The van der Waals surface area contributed by atoms with Gasteiger partial charge in [0.05, 0.1) is 30.8 Å². The van der Waals surface area contributed by atoms with Crippen LogP contribution >= 0.6 is 0 Å². The van der Waals surface area contributed by atoms with Crippen molar-refractivity contribution in [1.29, 1.82) is 0 Å². The molecule has 3 N–H and O–H groups in total. The van der Waals surface area contributed by atoms with Gasteiger partial charge in [0, 0.05) is 44.5 Å². The molecule has 12 nitrogen and oxygen atoms in total. The zero-order valence-corrected chi connectivity index (χ0v) is 22.0. The summed E-state index contributed by atoms with van der Waals surface area (Å²) in [5.74, 6) is 0.536. The minimum atomic E-state index is -3.20. The lowest BCUT2D eigenvalue weighted by molar-refractivity contribution is 0.131. The molecular weight excluding hydrogens is 501 g/mol. The van der Waals surface area contributed by atoms with Crippen LogP contribution in [0.25, 0.3) is 11.4 Å². The van der Waals surface area contributed by atoms with Crippen LogP contribution in [0.2, 0.25) is 0 Å². The Balaban J connectivity index is 1.58. The van der Waals surface area contributed by atoms with E-state index in [0.717, 1.165) is 12.1 Å². The van der Waals surface area contributed by atoms with Gasteiger partial charge in [-0.2, -0.15) is 14.3 Å². The summed E-state index contributed by atoms with van der Waals surface area (Å²) in [4.78, 5) is 23.5. The topological polar surface area (TPSA) is 152 Å². The molecule has 1 fully saturated rings. The molecule has 0 saturated carbocycles. The molecule has 3 aromatic rings. The molecule has 198 valence electrons. The Morgan fingerprint density at radius 3 is 2.62 bits per heavy atom. The fourth-order valence-electron chi connectivity index (χ4n) is 4.19. The van der Waals surface area contributed by atoms with E-state index < -0.39 is 15.8 Å². The fourth-order valence-corrected chi connectivity index (χ4v) is 5.09. The third-order valence-electron chi connectivity index (χ3n) is 6.10. The van der Waals surface area contributed by atoms with Crippen LogP contribution in [0.15, 0.2) is 24.5 Å². The van der Waals surface area contributed by atoms with Crippen molar-refractivity contribution in [2.45, 2.75) is 26.3 Å². The molecule has 0 unspecified atom stereocenters. The Morgan fingerprint density at radius 2 is 1.97 bits per heavy atom. The SMILES string of the molecule is COc1ncc(Nc2ncc(CCN3CCN(S(C)(=O)=O)C[C@@H]3C)cc2-c2nc(C)nc(N)n2)cc1F. The van der Waals surface area contributed by atoms with E-state index in [1.165, 1.54) is 29.9 Å². The van der Waals surface area contributed by atoms with Crippen LogP contribution in [-0.2, 0) is 16.4 Å². The van der Waals surface area contributed by atoms with Crippen LogP contribution in [0.4, 0.5) is 21.8 Å². The summed E-state index contributed by atoms with van der Waals surface area (Å²) < 4.78 is 44.4. The lowest BCUT2D eigenvalue weighted by Gasteiger charge is -2.38. The van der Waals surface area contributed by atoms with Gasteiger partial charge in [-0.15, -0.1) is 0 Å². The normalized spacial score (nSPS) is 17.1. The number of nitrogens with zero attached hydrogens (tertiary/aromatic N) is 7. The van der Waals surface area contributed by atoms with Gasteiger partial charge in [0.2, 0.25) is 21.9 Å². The summed E-state index contributed by atoms with van der Waals surface area (Å²) in [7, 11) is -1.86. The van der Waals surface area contributed by atoms with Gasteiger partial charge in [0.15, 0.2) is 11.6 Å². The fraction of sp³-hybridized carbons (Fsp3) is 0.435. The number of halogens is 1. The van der Waals surface area contributed by atoms with Crippen molar-refractivity contribution < 1.29 is 17.5 Å². The third kappa shape index (κ3) is 6.45. The van der Waals surface area contributed by atoms with Crippen LogP contribution in [0.3, 0.4) is 0 Å². The van der Waals surface area contributed by atoms with Crippen molar-refractivity contribution >= 4 is 27.5 Å². The number of ether oxygens (including phenoxy) is 1. The number of nitrogen functional groups attached to an aromatic ring is 1. The maximum atomic E-state index is 14.2. The quantitative estimate of drug-likeness (QED) is 0.436. The van der Waals surface area contributed by atoms with Crippen molar-refractivity contribution in [1.82, 2.24) is 34.1 Å². The number of nitrogens with one attached hydrogen (secondary N) is 1. The first-order valence-corrected chi connectivity index (χ1v) is 13.5. The Hall–Kier alpha value is -3.49. The van der Waals surface area contributed by atoms with Crippen LogP contribution in [-0.4, -0.2) is 88.1 Å². The summed E-state index contributed by atoms with van der Waals surface area (Å²) in [5, 5.41) is 3.08. The maximum absolute atomic E-state index is 14.2. The second-order valence-electron chi connectivity index (χ2n) is 8.90. The monoisotopic (exact) mass is 531 g/mol. The first kappa shape index (κ1) is 26.6. The number of nitrogens with two attached hydrogens (primary N) is 1. The lowest BCUT2D eigenvalue weighted by Crippen LogP contribution is -2.53. The van der Waals surface area contributed by atoms with E-state index in [2.05, 4.69) is 35.1 Å². The van der Waals surface area contributed by atoms with Crippen molar-refractivity contribution in [3.8, 4) is 17.3 Å². The molecule has 0 aromatic carbocycles. The Kier molecular flexibility index (Phi) is 7.80. The molecule has 0 bridgehead atoms. The number of hydrogen-bond donors (Lipinski definition) is 2. The van der Waals surface area contributed by atoms with E-state index in [9.17, 15) is 12.8 Å². The molecule has 14 heteroatoms. The average Bonchev–Trinajstić information content (AvgIpc) is 2.83. The predicted molar refractivity (Wildman–Crippen MR) is 137 cm³/mol. The standard InChI is InChI=1S/C23H30FN9O3S/c1-14-13-33(37(4,34)35)8-7-32(14)6-5-16-9-18(21-28-15(2)29-23(25)31-21)20(26-11-16)30-17-10-19(24)22(36-3)27-12-17/h9-12,14H,5-8,13H2,1-4H3,(H,26,30)(H2,25,28,29,31)/t14-/m0/s1. The summed E-state index contributed by atoms with van der Waals surface area (Å²) in [5.41, 5.74) is 7.74. The molecule has 0 spiro atoms. The number of pyridine rings is 2. The van der Waals surface area contributed by atoms with Crippen molar-refractivity contribution in [2.24, 2.45) is 0 Å². The van der Waals surface area contributed by atoms with Crippen molar-refractivity contribution in [3.63, 3.8) is 0 Å². The highest BCUT2D eigenvalue weighted by atomic mass is 32.2. The first-order chi connectivity index (χ1) is 17.5. The summed E-state index contributed by atoms with van der Waals surface area (Å²) in [6.07, 6.45) is 5.08. The number of sulfonamides is 1.